The molecular weight excluding hydrogens is 228 g/mol. The lowest BCUT2D eigenvalue weighted by atomic mass is 10.1. The van der Waals surface area contributed by atoms with Crippen LogP contribution in [0.5, 0.6) is 5.88 Å². The molecule has 0 aliphatic carbocycles. The average Bonchev–Trinajstić information content (AvgIpc) is 2.28. The molecule has 2 rings (SSSR count). The zero-order valence-corrected chi connectivity index (χ0v) is 8.95. The van der Waals surface area contributed by atoms with Crippen molar-refractivity contribution in [2.24, 2.45) is 0 Å². The van der Waals surface area contributed by atoms with E-state index >= 15 is 0 Å². The molecule has 17 heavy (non-hydrogen) atoms. The minimum atomic E-state index is -0.717. The number of hydrogen-bond acceptors (Lipinski definition) is 4. The Balaban J connectivity index is 2.64. The summed E-state index contributed by atoms with van der Waals surface area (Å²) in [6.07, 6.45) is 0. The standard InChI is InChI=1S/C11H9F2N3O/c1-17-9-5-8(15-11(14)16-9)10-6(12)3-2-4-7(10)13/h2-5H,1H3,(H2,14,15,16). The maximum absolute atomic E-state index is 13.5. The summed E-state index contributed by atoms with van der Waals surface area (Å²) in [5.41, 5.74) is 5.22. The molecule has 1 aromatic carbocycles. The van der Waals surface area contributed by atoms with Gasteiger partial charge in [0.1, 0.15) is 11.6 Å². The van der Waals surface area contributed by atoms with Crippen LogP contribution in [0.3, 0.4) is 0 Å². The Morgan fingerprint density at radius 1 is 1.18 bits per heavy atom. The summed E-state index contributed by atoms with van der Waals surface area (Å²) < 4.78 is 31.9. The lowest BCUT2D eigenvalue weighted by Crippen LogP contribution is -2.01. The van der Waals surface area contributed by atoms with Gasteiger partial charge in [-0.15, -0.1) is 0 Å². The lowest BCUT2D eigenvalue weighted by Gasteiger charge is -2.06. The summed E-state index contributed by atoms with van der Waals surface area (Å²) in [6.45, 7) is 0. The Kier molecular flexibility index (Phi) is 2.86. The number of ether oxygens (including phenoxy) is 1. The van der Waals surface area contributed by atoms with Gasteiger partial charge in [-0.3, -0.25) is 0 Å². The normalized spacial score (nSPS) is 10.3. The van der Waals surface area contributed by atoms with Crippen molar-refractivity contribution in [1.29, 1.82) is 0 Å². The number of benzene rings is 1. The van der Waals surface area contributed by atoms with Crippen molar-refractivity contribution < 1.29 is 13.5 Å². The average molecular weight is 237 g/mol. The van der Waals surface area contributed by atoms with Crippen LogP contribution in [-0.4, -0.2) is 17.1 Å². The molecule has 0 atom stereocenters. The summed E-state index contributed by atoms with van der Waals surface area (Å²) in [5, 5.41) is 0. The summed E-state index contributed by atoms with van der Waals surface area (Å²) in [5.74, 6) is -1.40. The monoisotopic (exact) mass is 237 g/mol. The predicted octanol–water partition coefficient (Wildman–Crippen LogP) is 2.01. The summed E-state index contributed by atoms with van der Waals surface area (Å²) >= 11 is 0. The van der Waals surface area contributed by atoms with Crippen molar-refractivity contribution in [3.8, 4) is 17.1 Å². The highest BCUT2D eigenvalue weighted by atomic mass is 19.1. The lowest BCUT2D eigenvalue weighted by molar-refractivity contribution is 0.398. The first kappa shape index (κ1) is 11.3. The van der Waals surface area contributed by atoms with Gasteiger partial charge in [-0.25, -0.2) is 13.8 Å². The van der Waals surface area contributed by atoms with E-state index in [2.05, 4.69) is 9.97 Å². The van der Waals surface area contributed by atoms with E-state index in [9.17, 15) is 8.78 Å². The highest BCUT2D eigenvalue weighted by Gasteiger charge is 2.14. The van der Waals surface area contributed by atoms with Crippen molar-refractivity contribution >= 4 is 5.95 Å². The molecule has 0 fully saturated rings. The van der Waals surface area contributed by atoms with Crippen LogP contribution in [0.25, 0.3) is 11.3 Å². The van der Waals surface area contributed by atoms with Crippen LogP contribution >= 0.6 is 0 Å². The zero-order chi connectivity index (χ0) is 12.4. The van der Waals surface area contributed by atoms with Crippen molar-refractivity contribution in [2.45, 2.75) is 0 Å². The van der Waals surface area contributed by atoms with Gasteiger partial charge in [0.25, 0.3) is 0 Å². The summed E-state index contributed by atoms with van der Waals surface area (Å²) in [7, 11) is 1.38. The molecule has 0 radical (unpaired) electrons. The molecule has 0 saturated heterocycles. The van der Waals surface area contributed by atoms with Gasteiger partial charge in [-0.2, -0.15) is 4.98 Å². The van der Waals surface area contributed by atoms with E-state index in [-0.39, 0.29) is 23.1 Å². The van der Waals surface area contributed by atoms with Crippen LogP contribution in [0.15, 0.2) is 24.3 Å². The molecule has 2 N–H and O–H groups in total. The Bertz CT molecular complexity index is 540. The molecule has 88 valence electrons. The Labute approximate surface area is 96.1 Å². The van der Waals surface area contributed by atoms with Gasteiger partial charge in [0.15, 0.2) is 0 Å². The van der Waals surface area contributed by atoms with Gasteiger partial charge >= 0.3 is 0 Å². The third-order valence-electron chi connectivity index (χ3n) is 2.15. The largest absolute Gasteiger partial charge is 0.481 e. The maximum atomic E-state index is 13.5. The molecular formula is C11H9F2N3O. The fourth-order valence-corrected chi connectivity index (χ4v) is 1.42. The number of rotatable bonds is 2. The molecule has 2 aromatic rings. The highest BCUT2D eigenvalue weighted by molar-refractivity contribution is 5.62. The number of hydrogen-bond donors (Lipinski definition) is 1. The summed E-state index contributed by atoms with van der Waals surface area (Å²) in [4.78, 5) is 7.52. The third-order valence-corrected chi connectivity index (χ3v) is 2.15. The van der Waals surface area contributed by atoms with E-state index in [1.54, 1.807) is 0 Å². The van der Waals surface area contributed by atoms with Gasteiger partial charge in [-0.1, -0.05) is 6.07 Å². The van der Waals surface area contributed by atoms with Gasteiger partial charge in [0, 0.05) is 6.07 Å². The molecule has 0 spiro atoms. The van der Waals surface area contributed by atoms with E-state index in [0.29, 0.717) is 0 Å². The molecule has 4 nitrogen and oxygen atoms in total. The van der Waals surface area contributed by atoms with Gasteiger partial charge in [0.05, 0.1) is 18.4 Å². The molecule has 0 amide bonds. The first-order chi connectivity index (χ1) is 8.11. The second-order valence-electron chi connectivity index (χ2n) is 3.25. The third kappa shape index (κ3) is 2.15. The number of nitrogens with zero attached hydrogens (tertiary/aromatic N) is 2. The van der Waals surface area contributed by atoms with E-state index < -0.39 is 11.6 Å². The molecule has 0 aliphatic rings. The van der Waals surface area contributed by atoms with E-state index in [1.165, 1.54) is 19.2 Å². The number of halogens is 2. The maximum Gasteiger partial charge on any atom is 0.223 e. The topological polar surface area (TPSA) is 61.0 Å². The molecule has 0 saturated carbocycles. The van der Waals surface area contributed by atoms with Crippen molar-refractivity contribution in [2.75, 3.05) is 12.8 Å². The fourth-order valence-electron chi connectivity index (χ4n) is 1.42. The molecule has 0 bridgehead atoms. The van der Waals surface area contributed by atoms with Crippen LogP contribution in [-0.2, 0) is 0 Å². The smallest absolute Gasteiger partial charge is 0.223 e. The molecule has 0 aliphatic heterocycles. The molecule has 6 heteroatoms. The van der Waals surface area contributed by atoms with Crippen LogP contribution in [0.4, 0.5) is 14.7 Å². The SMILES string of the molecule is COc1cc(-c2c(F)cccc2F)nc(N)n1. The number of anilines is 1. The van der Waals surface area contributed by atoms with E-state index in [4.69, 9.17) is 10.5 Å². The minimum Gasteiger partial charge on any atom is -0.481 e. The number of aromatic nitrogens is 2. The number of nitrogens with two attached hydrogens (primary N) is 1. The van der Waals surface area contributed by atoms with Gasteiger partial charge < -0.3 is 10.5 Å². The molecule has 0 unspecified atom stereocenters. The van der Waals surface area contributed by atoms with Gasteiger partial charge in [-0.05, 0) is 12.1 Å². The van der Waals surface area contributed by atoms with Crippen LogP contribution < -0.4 is 10.5 Å². The predicted molar refractivity (Wildman–Crippen MR) is 58.3 cm³/mol. The van der Waals surface area contributed by atoms with E-state index in [0.717, 1.165) is 12.1 Å². The van der Waals surface area contributed by atoms with Crippen LogP contribution in [0.2, 0.25) is 0 Å². The van der Waals surface area contributed by atoms with Crippen LogP contribution in [0.1, 0.15) is 0 Å². The van der Waals surface area contributed by atoms with Crippen molar-refractivity contribution in [3.63, 3.8) is 0 Å². The van der Waals surface area contributed by atoms with Crippen molar-refractivity contribution in [1.82, 2.24) is 9.97 Å². The minimum absolute atomic E-state index is 0.0463. The molecule has 1 aromatic heterocycles. The second kappa shape index (κ2) is 4.32. The number of methoxy groups -OCH3 is 1. The highest BCUT2D eigenvalue weighted by Crippen LogP contribution is 2.26. The first-order valence-electron chi connectivity index (χ1n) is 4.74. The first-order valence-corrected chi connectivity index (χ1v) is 4.74. The fraction of sp³-hybridized carbons (Fsp3) is 0.0909. The quantitative estimate of drug-likeness (QED) is 0.867. The Morgan fingerprint density at radius 3 is 2.41 bits per heavy atom. The molecule has 1 heterocycles. The van der Waals surface area contributed by atoms with Crippen molar-refractivity contribution in [3.05, 3.63) is 35.9 Å². The zero-order valence-electron chi connectivity index (χ0n) is 8.95. The second-order valence-corrected chi connectivity index (χ2v) is 3.25. The Morgan fingerprint density at radius 2 is 1.82 bits per heavy atom. The summed E-state index contributed by atoms with van der Waals surface area (Å²) in [6, 6.07) is 4.88. The Hall–Kier alpha value is -2.24. The number of nitrogen functional groups attached to an aromatic ring is 1. The van der Waals surface area contributed by atoms with Gasteiger partial charge in [0.2, 0.25) is 11.8 Å². The van der Waals surface area contributed by atoms with Crippen LogP contribution in [0, 0.1) is 11.6 Å². The van der Waals surface area contributed by atoms with E-state index in [1.807, 2.05) is 0 Å².